The smallest absolute Gasteiger partial charge is 0.242 e. The molecule has 0 fully saturated rings. The van der Waals surface area contributed by atoms with Gasteiger partial charge in [0.1, 0.15) is 11.9 Å². The van der Waals surface area contributed by atoms with Crippen LogP contribution in [-0.4, -0.2) is 56.6 Å². The molecular weight excluding hydrogens is 469 g/mol. The molecular formula is C26H36FN3O4S. The molecule has 0 heterocycles. The van der Waals surface area contributed by atoms with Gasteiger partial charge in [0, 0.05) is 25.6 Å². The number of benzene rings is 2. The second-order valence-electron chi connectivity index (χ2n) is 8.71. The quantitative estimate of drug-likeness (QED) is 0.449. The molecule has 2 atom stereocenters. The summed E-state index contributed by atoms with van der Waals surface area (Å²) in [6.07, 6.45) is 2.57. The summed E-state index contributed by atoms with van der Waals surface area (Å²) in [7, 11) is -3.75. The number of para-hydroxylation sites is 1. The Kier molecular flexibility index (Phi) is 10.7. The number of sulfonamides is 1. The number of hydrogen-bond acceptors (Lipinski definition) is 4. The number of carbonyl (C=O) groups excluding carboxylic acids is 2. The maximum atomic E-state index is 14.2. The summed E-state index contributed by atoms with van der Waals surface area (Å²) < 4.78 is 39.8. The van der Waals surface area contributed by atoms with Crippen molar-refractivity contribution in [3.63, 3.8) is 0 Å². The molecule has 35 heavy (non-hydrogen) atoms. The lowest BCUT2D eigenvalue weighted by Gasteiger charge is -2.30. The first kappa shape index (κ1) is 28.3. The van der Waals surface area contributed by atoms with E-state index < -0.39 is 21.9 Å². The Labute approximate surface area is 208 Å². The van der Waals surface area contributed by atoms with Crippen molar-refractivity contribution in [2.24, 2.45) is 0 Å². The van der Waals surface area contributed by atoms with Crippen LogP contribution < -0.4 is 9.62 Å². The monoisotopic (exact) mass is 505 g/mol. The van der Waals surface area contributed by atoms with Gasteiger partial charge >= 0.3 is 0 Å². The normalized spacial score (nSPS) is 13.1. The summed E-state index contributed by atoms with van der Waals surface area (Å²) >= 11 is 0. The molecule has 0 aromatic heterocycles. The first-order chi connectivity index (χ1) is 16.5. The Balaban J connectivity index is 2.12. The highest BCUT2D eigenvalue weighted by Crippen LogP contribution is 2.22. The van der Waals surface area contributed by atoms with Gasteiger partial charge in [-0.1, -0.05) is 49.4 Å². The van der Waals surface area contributed by atoms with Crippen molar-refractivity contribution in [3.05, 3.63) is 66.0 Å². The van der Waals surface area contributed by atoms with Gasteiger partial charge in [-0.25, -0.2) is 12.8 Å². The molecule has 2 amide bonds. The highest BCUT2D eigenvalue weighted by atomic mass is 32.2. The average molecular weight is 506 g/mol. The molecule has 0 saturated heterocycles. The zero-order valence-electron chi connectivity index (χ0n) is 20.9. The van der Waals surface area contributed by atoms with Crippen molar-refractivity contribution in [1.29, 1.82) is 0 Å². The minimum absolute atomic E-state index is 0.0138. The topological polar surface area (TPSA) is 86.8 Å². The highest BCUT2D eigenvalue weighted by Gasteiger charge is 2.27. The van der Waals surface area contributed by atoms with Crippen LogP contribution in [0, 0.1) is 5.82 Å². The van der Waals surface area contributed by atoms with E-state index in [0.717, 1.165) is 22.5 Å². The molecule has 0 spiro atoms. The van der Waals surface area contributed by atoms with Crippen LogP contribution in [0.2, 0.25) is 0 Å². The summed E-state index contributed by atoms with van der Waals surface area (Å²) in [5.74, 6) is -1.14. The number of halogens is 1. The molecule has 0 aliphatic heterocycles. The molecule has 0 aliphatic carbocycles. The number of nitrogens with zero attached hydrogens (tertiary/aromatic N) is 2. The predicted molar refractivity (Wildman–Crippen MR) is 137 cm³/mol. The summed E-state index contributed by atoms with van der Waals surface area (Å²) in [5, 5.41) is 2.92. The summed E-state index contributed by atoms with van der Waals surface area (Å²) in [4.78, 5) is 27.5. The van der Waals surface area contributed by atoms with Gasteiger partial charge in [-0.3, -0.25) is 13.9 Å². The fourth-order valence-electron chi connectivity index (χ4n) is 3.67. The molecule has 2 aromatic carbocycles. The van der Waals surface area contributed by atoms with E-state index in [1.807, 2.05) is 44.2 Å². The molecule has 9 heteroatoms. The van der Waals surface area contributed by atoms with E-state index in [9.17, 15) is 22.4 Å². The number of amides is 2. The van der Waals surface area contributed by atoms with Crippen molar-refractivity contribution in [1.82, 2.24) is 10.2 Å². The van der Waals surface area contributed by atoms with Gasteiger partial charge in [-0.2, -0.15) is 0 Å². The third-order valence-corrected chi connectivity index (χ3v) is 7.11. The maximum Gasteiger partial charge on any atom is 0.242 e. The van der Waals surface area contributed by atoms with Crippen molar-refractivity contribution in [2.45, 2.75) is 58.5 Å². The Morgan fingerprint density at radius 3 is 2.23 bits per heavy atom. The van der Waals surface area contributed by atoms with Gasteiger partial charge in [0.05, 0.1) is 11.9 Å². The molecule has 7 nitrogen and oxygen atoms in total. The predicted octanol–water partition coefficient (Wildman–Crippen LogP) is 3.75. The molecule has 0 unspecified atom stereocenters. The molecule has 192 valence electrons. The Hall–Kier alpha value is -2.94. The lowest BCUT2D eigenvalue weighted by Crippen LogP contribution is -2.50. The van der Waals surface area contributed by atoms with E-state index in [-0.39, 0.29) is 42.9 Å². The van der Waals surface area contributed by atoms with E-state index in [2.05, 4.69) is 5.32 Å². The number of rotatable bonds is 13. The largest absolute Gasteiger partial charge is 0.352 e. The third-order valence-electron chi connectivity index (χ3n) is 5.93. The standard InChI is InChI=1S/C26H36FN3O4S/c1-5-20(2)28-26(32)21(3)29(19-17-22-12-7-6-8-13-22)25(31)16-11-18-30(35(4,33)34)24-15-10-9-14-23(24)27/h6-10,12-15,20-21H,5,11,16-19H2,1-4H3,(H,28,32)/t20-,21-/m1/s1. The van der Waals surface area contributed by atoms with Crippen LogP contribution in [0.15, 0.2) is 54.6 Å². The van der Waals surface area contributed by atoms with Crippen LogP contribution >= 0.6 is 0 Å². The summed E-state index contributed by atoms with van der Waals surface area (Å²) in [6.45, 7) is 5.87. The zero-order valence-corrected chi connectivity index (χ0v) is 21.7. The average Bonchev–Trinajstić information content (AvgIpc) is 2.82. The van der Waals surface area contributed by atoms with Crippen molar-refractivity contribution < 1.29 is 22.4 Å². The first-order valence-electron chi connectivity index (χ1n) is 11.9. The number of hydrogen-bond donors (Lipinski definition) is 1. The van der Waals surface area contributed by atoms with Gasteiger partial charge in [-0.05, 0) is 50.8 Å². The first-order valence-corrected chi connectivity index (χ1v) is 13.8. The summed E-state index contributed by atoms with van der Waals surface area (Å²) in [6, 6.07) is 14.6. The van der Waals surface area contributed by atoms with Crippen LogP contribution in [0.4, 0.5) is 10.1 Å². The highest BCUT2D eigenvalue weighted by molar-refractivity contribution is 7.92. The second-order valence-corrected chi connectivity index (χ2v) is 10.6. The van der Waals surface area contributed by atoms with E-state index in [0.29, 0.717) is 13.0 Å². The summed E-state index contributed by atoms with van der Waals surface area (Å²) in [5.41, 5.74) is 0.993. The minimum Gasteiger partial charge on any atom is -0.352 e. The lowest BCUT2D eigenvalue weighted by atomic mass is 10.1. The van der Waals surface area contributed by atoms with E-state index >= 15 is 0 Å². The van der Waals surface area contributed by atoms with Crippen molar-refractivity contribution in [2.75, 3.05) is 23.7 Å². The van der Waals surface area contributed by atoms with Crippen LogP contribution in [0.25, 0.3) is 0 Å². The number of anilines is 1. The molecule has 1 N–H and O–H groups in total. The maximum absolute atomic E-state index is 14.2. The van der Waals surface area contributed by atoms with E-state index in [1.54, 1.807) is 17.9 Å². The van der Waals surface area contributed by atoms with E-state index in [1.165, 1.54) is 18.2 Å². The molecule has 2 aromatic rings. The Morgan fingerprint density at radius 2 is 1.63 bits per heavy atom. The van der Waals surface area contributed by atoms with Crippen molar-refractivity contribution in [3.8, 4) is 0 Å². The van der Waals surface area contributed by atoms with E-state index in [4.69, 9.17) is 0 Å². The van der Waals surface area contributed by atoms with Crippen molar-refractivity contribution >= 4 is 27.5 Å². The number of carbonyl (C=O) groups is 2. The molecule has 0 saturated carbocycles. The zero-order chi connectivity index (χ0) is 26.0. The number of nitrogens with one attached hydrogen (secondary N) is 1. The van der Waals surface area contributed by atoms with Gasteiger partial charge in [0.15, 0.2) is 0 Å². The molecule has 0 radical (unpaired) electrons. The fraction of sp³-hybridized carbons (Fsp3) is 0.462. The van der Waals surface area contributed by atoms with Crippen LogP contribution in [0.3, 0.4) is 0 Å². The third kappa shape index (κ3) is 8.65. The Bertz CT molecular complexity index is 1080. The van der Waals surface area contributed by atoms with Crippen LogP contribution in [0.1, 0.15) is 45.6 Å². The Morgan fingerprint density at radius 1 is 1.00 bits per heavy atom. The minimum atomic E-state index is -3.75. The van der Waals surface area contributed by atoms with Gasteiger partial charge < -0.3 is 10.2 Å². The van der Waals surface area contributed by atoms with Crippen LogP contribution in [0.5, 0.6) is 0 Å². The van der Waals surface area contributed by atoms with Gasteiger partial charge in [0.2, 0.25) is 21.8 Å². The fourth-order valence-corrected chi connectivity index (χ4v) is 4.64. The van der Waals surface area contributed by atoms with Gasteiger partial charge in [0.25, 0.3) is 0 Å². The molecule has 2 rings (SSSR count). The molecule has 0 aliphatic rings. The lowest BCUT2D eigenvalue weighted by molar-refractivity contribution is -0.140. The second kappa shape index (κ2) is 13.2. The SMILES string of the molecule is CC[C@@H](C)NC(=O)[C@@H](C)N(CCc1ccccc1)C(=O)CCCN(c1ccccc1F)S(C)(=O)=O. The van der Waals surface area contributed by atoms with Gasteiger partial charge in [-0.15, -0.1) is 0 Å². The molecule has 0 bridgehead atoms. The van der Waals surface area contributed by atoms with Crippen LogP contribution in [-0.2, 0) is 26.0 Å².